The van der Waals surface area contributed by atoms with Crippen molar-refractivity contribution in [2.45, 2.75) is 37.0 Å². The molecule has 2 aromatic carbocycles. The van der Waals surface area contributed by atoms with Crippen molar-refractivity contribution in [3.8, 4) is 11.1 Å². The quantitative estimate of drug-likeness (QED) is 0.346. The molecular formula is C27H31N3O5S. The number of ether oxygens (including phenoxy) is 1. The Balaban J connectivity index is 1.45. The maximum absolute atomic E-state index is 13.3. The standard InChI is InChI=1S/C27H31N3O5S/c1-29(2)19-22-7-5-8-23(17-22)24-9-6-10-25(18-24)36(32,33)30-15-14-21(20-30)12-13-26(31)28-35-27-11-3-4-16-34-27/h5-10,12-15,17-18,20,27H,3-4,11,16,19H2,1-2H3,(H,28,31)/b13-12+. The molecule has 1 aromatic heterocycles. The van der Waals surface area contributed by atoms with Crippen LogP contribution < -0.4 is 5.48 Å². The Morgan fingerprint density at radius 1 is 1.14 bits per heavy atom. The lowest BCUT2D eigenvalue weighted by molar-refractivity contribution is -0.198. The van der Waals surface area contributed by atoms with E-state index in [-0.39, 0.29) is 4.90 Å². The fraction of sp³-hybridized carbons (Fsp3) is 0.296. The molecule has 1 saturated heterocycles. The minimum Gasteiger partial charge on any atom is -0.350 e. The van der Waals surface area contributed by atoms with Crippen molar-refractivity contribution >= 4 is 22.0 Å². The van der Waals surface area contributed by atoms with Gasteiger partial charge in [-0.05, 0) is 79.5 Å². The second kappa shape index (κ2) is 11.7. The number of carbonyl (C=O) groups excluding carboxylic acids is 1. The Labute approximate surface area is 212 Å². The predicted molar refractivity (Wildman–Crippen MR) is 138 cm³/mol. The van der Waals surface area contributed by atoms with E-state index in [9.17, 15) is 13.2 Å². The summed E-state index contributed by atoms with van der Waals surface area (Å²) in [6.07, 6.45) is 8.02. The van der Waals surface area contributed by atoms with Crippen molar-refractivity contribution in [2.75, 3.05) is 20.7 Å². The number of nitrogens with zero attached hydrogens (tertiary/aromatic N) is 2. The number of hydrogen-bond donors (Lipinski definition) is 1. The molecule has 1 aliphatic rings. The molecule has 9 heteroatoms. The molecule has 8 nitrogen and oxygen atoms in total. The fourth-order valence-corrected chi connectivity index (χ4v) is 5.20. The highest BCUT2D eigenvalue weighted by molar-refractivity contribution is 7.90. The molecule has 1 fully saturated rings. The summed E-state index contributed by atoms with van der Waals surface area (Å²) < 4.78 is 33.1. The van der Waals surface area contributed by atoms with Crippen molar-refractivity contribution in [1.82, 2.24) is 14.4 Å². The Morgan fingerprint density at radius 3 is 2.67 bits per heavy atom. The number of benzene rings is 2. The molecule has 3 aromatic rings. The summed E-state index contributed by atoms with van der Waals surface area (Å²) in [5, 5.41) is 0. The van der Waals surface area contributed by atoms with Gasteiger partial charge < -0.3 is 9.64 Å². The summed E-state index contributed by atoms with van der Waals surface area (Å²) in [5.74, 6) is -0.455. The summed E-state index contributed by atoms with van der Waals surface area (Å²) in [5.41, 5.74) is 5.83. The highest BCUT2D eigenvalue weighted by Crippen LogP contribution is 2.25. The zero-order valence-electron chi connectivity index (χ0n) is 20.5. The zero-order valence-corrected chi connectivity index (χ0v) is 21.3. The predicted octanol–water partition coefficient (Wildman–Crippen LogP) is 4.04. The fourth-order valence-electron chi connectivity index (χ4n) is 3.95. The van der Waals surface area contributed by atoms with E-state index in [4.69, 9.17) is 9.57 Å². The van der Waals surface area contributed by atoms with Gasteiger partial charge in [-0.25, -0.2) is 22.7 Å². The van der Waals surface area contributed by atoms with Crippen LogP contribution in [-0.4, -0.2) is 50.2 Å². The molecule has 2 heterocycles. The van der Waals surface area contributed by atoms with E-state index in [0.29, 0.717) is 12.2 Å². The molecular weight excluding hydrogens is 478 g/mol. The molecule has 0 saturated carbocycles. The Bertz CT molecular complexity index is 1320. The molecule has 36 heavy (non-hydrogen) atoms. The largest absolute Gasteiger partial charge is 0.350 e. The first-order chi connectivity index (χ1) is 17.3. The minimum absolute atomic E-state index is 0.183. The van der Waals surface area contributed by atoms with Crippen LogP contribution in [0.3, 0.4) is 0 Å². The van der Waals surface area contributed by atoms with Gasteiger partial charge in [-0.2, -0.15) is 0 Å². The number of nitrogens with one attached hydrogen (secondary N) is 1. The molecule has 0 aliphatic carbocycles. The van der Waals surface area contributed by atoms with Gasteiger partial charge in [0.25, 0.3) is 15.9 Å². The summed E-state index contributed by atoms with van der Waals surface area (Å²) in [6, 6.07) is 16.6. The molecule has 1 amide bonds. The van der Waals surface area contributed by atoms with E-state index in [1.807, 2.05) is 32.3 Å². The maximum atomic E-state index is 13.3. The van der Waals surface area contributed by atoms with Crippen LogP contribution in [0.1, 0.15) is 30.4 Å². The second-order valence-electron chi connectivity index (χ2n) is 8.96. The van der Waals surface area contributed by atoms with Crippen LogP contribution in [-0.2, 0) is 30.9 Å². The molecule has 1 atom stereocenters. The third-order valence-electron chi connectivity index (χ3n) is 5.71. The summed E-state index contributed by atoms with van der Waals surface area (Å²) in [4.78, 5) is 19.5. The topological polar surface area (TPSA) is 89.9 Å². The Kier molecular flexibility index (Phi) is 8.37. The van der Waals surface area contributed by atoms with Gasteiger partial charge in [0.15, 0.2) is 6.29 Å². The van der Waals surface area contributed by atoms with Crippen molar-refractivity contribution in [3.63, 3.8) is 0 Å². The summed E-state index contributed by atoms with van der Waals surface area (Å²) in [7, 11) is 0.206. The lowest BCUT2D eigenvalue weighted by Gasteiger charge is -2.21. The van der Waals surface area contributed by atoms with Gasteiger partial charge in [-0.3, -0.25) is 4.79 Å². The average molecular weight is 510 g/mol. The first kappa shape index (κ1) is 25.8. The molecule has 0 bridgehead atoms. The number of hydrogen-bond acceptors (Lipinski definition) is 6. The van der Waals surface area contributed by atoms with Crippen LogP contribution >= 0.6 is 0 Å². The summed E-state index contributed by atoms with van der Waals surface area (Å²) in [6.45, 7) is 1.41. The van der Waals surface area contributed by atoms with Gasteiger partial charge in [0.1, 0.15) is 0 Å². The molecule has 1 aliphatic heterocycles. The van der Waals surface area contributed by atoms with Crippen LogP contribution in [0, 0.1) is 0 Å². The molecule has 1 unspecified atom stereocenters. The lowest BCUT2D eigenvalue weighted by Crippen LogP contribution is -2.32. The Morgan fingerprint density at radius 2 is 1.92 bits per heavy atom. The van der Waals surface area contributed by atoms with Crippen molar-refractivity contribution in [3.05, 3.63) is 84.2 Å². The van der Waals surface area contributed by atoms with E-state index in [2.05, 4.69) is 22.5 Å². The average Bonchev–Trinajstić information content (AvgIpc) is 3.37. The van der Waals surface area contributed by atoms with Crippen molar-refractivity contribution < 1.29 is 22.8 Å². The van der Waals surface area contributed by atoms with Gasteiger partial charge in [0.05, 0.1) is 4.90 Å². The number of carbonyl (C=O) groups is 1. The third kappa shape index (κ3) is 6.70. The second-order valence-corrected chi connectivity index (χ2v) is 10.8. The van der Waals surface area contributed by atoms with E-state index in [0.717, 1.165) is 46.5 Å². The highest BCUT2D eigenvalue weighted by atomic mass is 32.2. The van der Waals surface area contributed by atoms with Crippen molar-refractivity contribution in [2.24, 2.45) is 0 Å². The van der Waals surface area contributed by atoms with Gasteiger partial charge >= 0.3 is 0 Å². The van der Waals surface area contributed by atoms with Gasteiger partial charge in [0.2, 0.25) is 0 Å². The zero-order chi connectivity index (χ0) is 25.5. The highest BCUT2D eigenvalue weighted by Gasteiger charge is 2.18. The lowest BCUT2D eigenvalue weighted by atomic mass is 10.0. The van der Waals surface area contributed by atoms with E-state index in [1.165, 1.54) is 24.5 Å². The first-order valence-corrected chi connectivity index (χ1v) is 13.3. The van der Waals surface area contributed by atoms with Crippen molar-refractivity contribution in [1.29, 1.82) is 0 Å². The summed E-state index contributed by atoms with van der Waals surface area (Å²) >= 11 is 0. The molecule has 0 spiro atoms. The maximum Gasteiger partial charge on any atom is 0.267 e. The van der Waals surface area contributed by atoms with E-state index >= 15 is 0 Å². The SMILES string of the molecule is CN(C)Cc1cccc(-c2cccc(S(=O)(=O)n3ccc(/C=C/C(=O)NOC4CCCCO4)c3)c2)c1. The smallest absolute Gasteiger partial charge is 0.267 e. The normalized spacial score (nSPS) is 16.5. The molecule has 0 radical (unpaired) electrons. The Hall–Kier alpha value is -3.24. The first-order valence-electron chi connectivity index (χ1n) is 11.8. The van der Waals surface area contributed by atoms with Gasteiger partial charge in [0, 0.05) is 38.0 Å². The van der Waals surface area contributed by atoms with Crippen LogP contribution in [0.15, 0.2) is 78.0 Å². The number of aromatic nitrogens is 1. The minimum atomic E-state index is -3.81. The molecule has 1 N–H and O–H groups in total. The van der Waals surface area contributed by atoms with Crippen LogP contribution in [0.2, 0.25) is 0 Å². The monoisotopic (exact) mass is 509 g/mol. The number of rotatable bonds is 9. The van der Waals surface area contributed by atoms with Crippen LogP contribution in [0.5, 0.6) is 0 Å². The molecule has 190 valence electrons. The van der Waals surface area contributed by atoms with E-state index in [1.54, 1.807) is 24.3 Å². The van der Waals surface area contributed by atoms with E-state index < -0.39 is 22.2 Å². The number of hydroxylamine groups is 1. The third-order valence-corrected chi connectivity index (χ3v) is 7.35. The van der Waals surface area contributed by atoms with Gasteiger partial charge in [-0.1, -0.05) is 30.3 Å². The van der Waals surface area contributed by atoms with Gasteiger partial charge in [-0.15, -0.1) is 0 Å². The van der Waals surface area contributed by atoms with Crippen LogP contribution in [0.25, 0.3) is 17.2 Å². The molecule has 4 rings (SSSR count). The number of amides is 1. The van der Waals surface area contributed by atoms with Crippen LogP contribution in [0.4, 0.5) is 0 Å².